The van der Waals surface area contributed by atoms with Gasteiger partial charge in [-0.25, -0.2) is 4.99 Å². The lowest BCUT2D eigenvalue weighted by Gasteiger charge is -2.22. The Balaban J connectivity index is 2.03. The van der Waals surface area contributed by atoms with Crippen molar-refractivity contribution in [2.45, 2.75) is 20.0 Å². The van der Waals surface area contributed by atoms with Gasteiger partial charge in [0, 0.05) is 38.1 Å². The fourth-order valence-electron chi connectivity index (χ4n) is 2.00. The highest BCUT2D eigenvalue weighted by molar-refractivity contribution is 5.79. The van der Waals surface area contributed by atoms with Crippen LogP contribution >= 0.6 is 0 Å². The second kappa shape index (κ2) is 6.84. The Morgan fingerprint density at radius 1 is 1.45 bits per heavy atom. The second-order valence-electron chi connectivity index (χ2n) is 4.77. The molecule has 108 valence electrons. The fraction of sp³-hybridized carbons (Fsp3) is 0.400. The quantitative estimate of drug-likeness (QED) is 0.671. The SMILES string of the molecule is CCNC(=NCc1ccoc1)N(C)Cc1cccn1C. The smallest absolute Gasteiger partial charge is 0.194 e. The van der Waals surface area contributed by atoms with Crippen LogP contribution in [0.3, 0.4) is 0 Å². The molecule has 0 aliphatic carbocycles. The highest BCUT2D eigenvalue weighted by atomic mass is 16.3. The average Bonchev–Trinajstić information content (AvgIpc) is 3.07. The van der Waals surface area contributed by atoms with Crippen molar-refractivity contribution in [3.05, 3.63) is 48.2 Å². The highest BCUT2D eigenvalue weighted by Crippen LogP contribution is 2.06. The minimum absolute atomic E-state index is 0.621. The Kier molecular flexibility index (Phi) is 4.87. The Morgan fingerprint density at radius 2 is 2.30 bits per heavy atom. The number of nitrogens with zero attached hydrogens (tertiary/aromatic N) is 3. The van der Waals surface area contributed by atoms with Crippen LogP contribution in [0.15, 0.2) is 46.3 Å². The maximum atomic E-state index is 5.06. The third-order valence-corrected chi connectivity index (χ3v) is 3.14. The number of hydrogen-bond acceptors (Lipinski definition) is 2. The van der Waals surface area contributed by atoms with E-state index < -0.39 is 0 Å². The topological polar surface area (TPSA) is 45.7 Å². The molecule has 0 bridgehead atoms. The molecule has 0 saturated heterocycles. The van der Waals surface area contributed by atoms with Crippen molar-refractivity contribution in [1.29, 1.82) is 0 Å². The van der Waals surface area contributed by atoms with Gasteiger partial charge >= 0.3 is 0 Å². The zero-order valence-corrected chi connectivity index (χ0v) is 12.3. The highest BCUT2D eigenvalue weighted by Gasteiger charge is 2.08. The van der Waals surface area contributed by atoms with E-state index in [4.69, 9.17) is 4.42 Å². The number of guanidine groups is 1. The lowest BCUT2D eigenvalue weighted by Crippen LogP contribution is -2.38. The molecule has 2 heterocycles. The first-order valence-corrected chi connectivity index (χ1v) is 6.81. The van der Waals surface area contributed by atoms with Crippen molar-refractivity contribution in [3.8, 4) is 0 Å². The number of rotatable bonds is 5. The maximum absolute atomic E-state index is 5.06. The Labute approximate surface area is 119 Å². The molecule has 0 spiro atoms. The van der Waals surface area contributed by atoms with Gasteiger partial charge in [0.1, 0.15) is 0 Å². The van der Waals surface area contributed by atoms with Crippen LogP contribution in [0.4, 0.5) is 0 Å². The zero-order valence-electron chi connectivity index (χ0n) is 12.3. The summed E-state index contributed by atoms with van der Waals surface area (Å²) in [7, 11) is 4.10. The molecule has 5 heteroatoms. The number of furan rings is 1. The summed E-state index contributed by atoms with van der Waals surface area (Å²) in [5, 5.41) is 3.31. The van der Waals surface area contributed by atoms with Gasteiger partial charge in [0.15, 0.2) is 5.96 Å². The van der Waals surface area contributed by atoms with Gasteiger partial charge in [-0.1, -0.05) is 0 Å². The van der Waals surface area contributed by atoms with E-state index in [2.05, 4.69) is 52.1 Å². The monoisotopic (exact) mass is 274 g/mol. The van der Waals surface area contributed by atoms with Crippen LogP contribution in [0, 0.1) is 0 Å². The Bertz CT molecular complexity index is 542. The van der Waals surface area contributed by atoms with Crippen molar-refractivity contribution < 1.29 is 4.42 Å². The molecule has 0 aliphatic heterocycles. The third kappa shape index (κ3) is 3.66. The zero-order chi connectivity index (χ0) is 14.4. The number of hydrogen-bond donors (Lipinski definition) is 1. The van der Waals surface area contributed by atoms with E-state index >= 15 is 0 Å². The summed E-state index contributed by atoms with van der Waals surface area (Å²) in [4.78, 5) is 6.75. The summed E-state index contributed by atoms with van der Waals surface area (Å²) in [5.74, 6) is 0.898. The van der Waals surface area contributed by atoms with Crippen molar-refractivity contribution in [1.82, 2.24) is 14.8 Å². The predicted octanol–water partition coefficient (Wildman–Crippen LogP) is 2.22. The molecule has 2 aromatic heterocycles. The molecule has 2 rings (SSSR count). The fourth-order valence-corrected chi connectivity index (χ4v) is 2.00. The second-order valence-corrected chi connectivity index (χ2v) is 4.77. The number of aliphatic imine (C=N–C) groups is 1. The molecule has 0 atom stereocenters. The van der Waals surface area contributed by atoms with E-state index in [9.17, 15) is 0 Å². The van der Waals surface area contributed by atoms with Crippen molar-refractivity contribution in [2.24, 2.45) is 12.0 Å². The number of aryl methyl sites for hydroxylation is 1. The molecular weight excluding hydrogens is 252 g/mol. The van der Waals surface area contributed by atoms with Crippen LogP contribution in [0.2, 0.25) is 0 Å². The third-order valence-electron chi connectivity index (χ3n) is 3.14. The van der Waals surface area contributed by atoms with E-state index in [0.717, 1.165) is 24.6 Å². The van der Waals surface area contributed by atoms with Crippen LogP contribution in [-0.4, -0.2) is 29.0 Å². The first kappa shape index (κ1) is 14.2. The van der Waals surface area contributed by atoms with Gasteiger partial charge in [0.2, 0.25) is 0 Å². The molecule has 0 saturated carbocycles. The van der Waals surface area contributed by atoms with E-state index in [1.165, 1.54) is 5.69 Å². The van der Waals surface area contributed by atoms with Gasteiger partial charge in [0.25, 0.3) is 0 Å². The van der Waals surface area contributed by atoms with E-state index in [0.29, 0.717) is 6.54 Å². The summed E-state index contributed by atoms with van der Waals surface area (Å²) >= 11 is 0. The summed E-state index contributed by atoms with van der Waals surface area (Å²) in [6, 6.07) is 6.11. The van der Waals surface area contributed by atoms with Crippen LogP contribution in [0.5, 0.6) is 0 Å². The van der Waals surface area contributed by atoms with Gasteiger partial charge in [-0.3, -0.25) is 0 Å². The molecule has 0 aromatic carbocycles. The molecule has 5 nitrogen and oxygen atoms in total. The van der Waals surface area contributed by atoms with Crippen LogP contribution in [-0.2, 0) is 20.1 Å². The molecule has 0 unspecified atom stereocenters. The standard InChI is InChI=1S/C15H22N4O/c1-4-16-15(17-10-13-7-9-20-12-13)19(3)11-14-6-5-8-18(14)2/h5-9,12H,4,10-11H2,1-3H3,(H,16,17). The van der Waals surface area contributed by atoms with E-state index in [1.807, 2.05) is 13.1 Å². The van der Waals surface area contributed by atoms with Gasteiger partial charge in [-0.05, 0) is 25.1 Å². The molecule has 0 fully saturated rings. The minimum atomic E-state index is 0.621. The van der Waals surface area contributed by atoms with Crippen LogP contribution in [0.25, 0.3) is 0 Å². The summed E-state index contributed by atoms with van der Waals surface area (Å²) < 4.78 is 7.18. The summed E-state index contributed by atoms with van der Waals surface area (Å²) in [5.41, 5.74) is 2.33. The van der Waals surface area contributed by atoms with Crippen molar-refractivity contribution in [3.63, 3.8) is 0 Å². The van der Waals surface area contributed by atoms with Crippen LogP contribution < -0.4 is 5.32 Å². The number of nitrogens with one attached hydrogen (secondary N) is 1. The maximum Gasteiger partial charge on any atom is 0.194 e. The first-order valence-electron chi connectivity index (χ1n) is 6.81. The van der Waals surface area contributed by atoms with Gasteiger partial charge in [-0.2, -0.15) is 0 Å². The molecular formula is C15H22N4O. The van der Waals surface area contributed by atoms with Gasteiger partial charge < -0.3 is 19.2 Å². The minimum Gasteiger partial charge on any atom is -0.472 e. The molecule has 0 radical (unpaired) electrons. The molecule has 2 aromatic rings. The summed E-state index contributed by atoms with van der Waals surface area (Å²) in [6.07, 6.45) is 5.45. The Hall–Kier alpha value is -2.17. The largest absolute Gasteiger partial charge is 0.472 e. The predicted molar refractivity (Wildman–Crippen MR) is 80.4 cm³/mol. The average molecular weight is 274 g/mol. The van der Waals surface area contributed by atoms with Crippen molar-refractivity contribution >= 4 is 5.96 Å². The number of aromatic nitrogens is 1. The first-order chi connectivity index (χ1) is 9.70. The van der Waals surface area contributed by atoms with Gasteiger partial charge in [-0.15, -0.1) is 0 Å². The lowest BCUT2D eigenvalue weighted by atomic mass is 10.3. The normalized spacial score (nSPS) is 11.7. The molecule has 20 heavy (non-hydrogen) atoms. The van der Waals surface area contributed by atoms with Crippen LogP contribution in [0.1, 0.15) is 18.2 Å². The van der Waals surface area contributed by atoms with Crippen molar-refractivity contribution in [2.75, 3.05) is 13.6 Å². The lowest BCUT2D eigenvalue weighted by molar-refractivity contribution is 0.462. The Morgan fingerprint density at radius 3 is 2.90 bits per heavy atom. The van der Waals surface area contributed by atoms with E-state index in [-0.39, 0.29) is 0 Å². The molecule has 0 amide bonds. The molecule has 0 aliphatic rings. The van der Waals surface area contributed by atoms with E-state index in [1.54, 1.807) is 12.5 Å². The van der Waals surface area contributed by atoms with Gasteiger partial charge in [0.05, 0.1) is 25.6 Å². The molecule has 1 N–H and O–H groups in total. The summed E-state index contributed by atoms with van der Waals surface area (Å²) in [6.45, 7) is 4.36.